The van der Waals surface area contributed by atoms with E-state index in [0.29, 0.717) is 28.9 Å². The van der Waals surface area contributed by atoms with Crippen molar-refractivity contribution in [1.82, 2.24) is 15.3 Å². The zero-order valence-corrected chi connectivity index (χ0v) is 18.8. The van der Waals surface area contributed by atoms with E-state index in [-0.39, 0.29) is 0 Å². The van der Waals surface area contributed by atoms with Crippen molar-refractivity contribution in [3.05, 3.63) is 6.07 Å². The van der Waals surface area contributed by atoms with Crippen LogP contribution in [0.25, 0.3) is 0 Å². The summed E-state index contributed by atoms with van der Waals surface area (Å²) >= 11 is 5.58. The maximum absolute atomic E-state index is 5.58. The molecule has 4 rings (SSSR count). The van der Waals surface area contributed by atoms with E-state index in [9.17, 15) is 0 Å². The van der Waals surface area contributed by atoms with E-state index < -0.39 is 0 Å². The molecular weight excluding hydrogens is 380 g/mol. The molecule has 3 fully saturated rings. The Kier molecular flexibility index (Phi) is 6.73. The van der Waals surface area contributed by atoms with Crippen molar-refractivity contribution in [3.8, 4) is 0 Å². The van der Waals surface area contributed by atoms with Gasteiger partial charge in [-0.05, 0) is 62.6 Å². The van der Waals surface area contributed by atoms with E-state index in [2.05, 4.69) is 40.3 Å². The standard InChI is InChI=1S/C22H36N6S/c1-16-7-5-11-27(14-16)19-13-20(28-12-6-8-17(2)15-28)25-21(24-19)26-22(29)23-18-9-3-4-10-18/h13,16-18H,3-12,14-15H2,1-2H3,(H2,23,24,25,26,29)/t16-,17+. The largest absolute Gasteiger partial charge is 0.360 e. The Morgan fingerprint density at radius 2 is 1.45 bits per heavy atom. The van der Waals surface area contributed by atoms with Crippen LogP contribution >= 0.6 is 12.2 Å². The van der Waals surface area contributed by atoms with Crippen LogP contribution in [0.2, 0.25) is 0 Å². The van der Waals surface area contributed by atoms with Crippen molar-refractivity contribution in [1.29, 1.82) is 0 Å². The molecule has 0 aromatic carbocycles. The third kappa shape index (κ3) is 5.50. The minimum atomic E-state index is 0.489. The van der Waals surface area contributed by atoms with E-state index in [0.717, 1.165) is 37.8 Å². The Labute approximate surface area is 180 Å². The highest BCUT2D eigenvalue weighted by atomic mass is 32.1. The first-order valence-electron chi connectivity index (χ1n) is 11.5. The van der Waals surface area contributed by atoms with E-state index in [4.69, 9.17) is 22.2 Å². The second-order valence-corrected chi connectivity index (χ2v) is 9.78. The Morgan fingerprint density at radius 1 is 0.897 bits per heavy atom. The van der Waals surface area contributed by atoms with Crippen molar-refractivity contribution < 1.29 is 0 Å². The van der Waals surface area contributed by atoms with Gasteiger partial charge in [-0.1, -0.05) is 26.7 Å². The number of rotatable bonds is 4. The Hall–Kier alpha value is -1.63. The maximum Gasteiger partial charge on any atom is 0.232 e. The van der Waals surface area contributed by atoms with Crippen molar-refractivity contribution in [2.45, 2.75) is 71.3 Å². The zero-order valence-electron chi connectivity index (χ0n) is 18.0. The molecule has 0 spiro atoms. The summed E-state index contributed by atoms with van der Waals surface area (Å²) in [7, 11) is 0. The van der Waals surface area contributed by atoms with E-state index in [1.807, 2.05) is 0 Å². The first kappa shape index (κ1) is 20.6. The molecule has 0 radical (unpaired) electrons. The zero-order chi connectivity index (χ0) is 20.2. The predicted molar refractivity (Wildman–Crippen MR) is 125 cm³/mol. The average molecular weight is 417 g/mol. The van der Waals surface area contributed by atoms with Crippen LogP contribution in [-0.2, 0) is 0 Å². The highest BCUT2D eigenvalue weighted by Gasteiger charge is 2.23. The van der Waals surface area contributed by atoms with Crippen LogP contribution in [0.15, 0.2) is 6.07 Å². The summed E-state index contributed by atoms with van der Waals surface area (Å²) in [6.07, 6.45) is 10.0. The molecule has 3 heterocycles. The van der Waals surface area contributed by atoms with E-state index >= 15 is 0 Å². The molecule has 1 aromatic rings. The van der Waals surface area contributed by atoms with Crippen LogP contribution < -0.4 is 20.4 Å². The summed E-state index contributed by atoms with van der Waals surface area (Å²) in [6, 6.07) is 2.68. The topological polar surface area (TPSA) is 56.3 Å². The average Bonchev–Trinajstić information content (AvgIpc) is 3.20. The smallest absolute Gasteiger partial charge is 0.232 e. The molecule has 7 heteroatoms. The van der Waals surface area contributed by atoms with Gasteiger partial charge in [0, 0.05) is 38.3 Å². The number of hydrogen-bond donors (Lipinski definition) is 2. The molecule has 1 aromatic heterocycles. The summed E-state index contributed by atoms with van der Waals surface area (Å²) < 4.78 is 0. The molecule has 2 aliphatic heterocycles. The quantitative estimate of drug-likeness (QED) is 0.714. The molecule has 160 valence electrons. The SMILES string of the molecule is C[C@@H]1CCCN(c2cc(N3CCC[C@H](C)C3)nc(NC(=S)NC3CCCC3)n2)C1. The lowest BCUT2D eigenvalue weighted by atomic mass is 10.00. The lowest BCUT2D eigenvalue weighted by Crippen LogP contribution is -2.38. The number of anilines is 3. The summed E-state index contributed by atoms with van der Waals surface area (Å²) in [4.78, 5) is 14.6. The summed E-state index contributed by atoms with van der Waals surface area (Å²) in [6.45, 7) is 8.94. The number of thiocarbonyl (C=S) groups is 1. The Morgan fingerprint density at radius 3 is 1.97 bits per heavy atom. The number of hydrogen-bond acceptors (Lipinski definition) is 5. The lowest BCUT2D eigenvalue weighted by molar-refractivity contribution is 0.441. The minimum Gasteiger partial charge on any atom is -0.360 e. The monoisotopic (exact) mass is 416 g/mol. The second-order valence-electron chi connectivity index (χ2n) is 9.37. The van der Waals surface area contributed by atoms with Crippen LogP contribution in [0.3, 0.4) is 0 Å². The normalized spacial score (nSPS) is 25.9. The van der Waals surface area contributed by atoms with Gasteiger partial charge in [0.05, 0.1) is 0 Å². The molecule has 6 nitrogen and oxygen atoms in total. The molecule has 0 bridgehead atoms. The van der Waals surface area contributed by atoms with Crippen LogP contribution in [0.4, 0.5) is 17.6 Å². The Balaban J connectivity index is 1.54. The van der Waals surface area contributed by atoms with Gasteiger partial charge in [0.15, 0.2) is 5.11 Å². The number of piperidine rings is 2. The van der Waals surface area contributed by atoms with Gasteiger partial charge in [0.1, 0.15) is 11.6 Å². The van der Waals surface area contributed by atoms with Crippen LogP contribution in [0, 0.1) is 11.8 Å². The van der Waals surface area contributed by atoms with Gasteiger partial charge >= 0.3 is 0 Å². The molecule has 2 saturated heterocycles. The van der Waals surface area contributed by atoms with Gasteiger partial charge in [0.25, 0.3) is 0 Å². The van der Waals surface area contributed by atoms with Crippen LogP contribution in [-0.4, -0.2) is 47.3 Å². The van der Waals surface area contributed by atoms with E-state index in [1.54, 1.807) is 0 Å². The fraction of sp³-hybridized carbons (Fsp3) is 0.773. The molecule has 1 saturated carbocycles. The minimum absolute atomic E-state index is 0.489. The first-order chi connectivity index (χ1) is 14.1. The molecule has 3 aliphatic rings. The lowest BCUT2D eigenvalue weighted by Gasteiger charge is -2.35. The predicted octanol–water partition coefficient (Wildman–Crippen LogP) is 4.18. The van der Waals surface area contributed by atoms with Crippen molar-refractivity contribution in [3.63, 3.8) is 0 Å². The number of aromatic nitrogens is 2. The van der Waals surface area contributed by atoms with Gasteiger partial charge in [-0.2, -0.15) is 9.97 Å². The van der Waals surface area contributed by atoms with Crippen molar-refractivity contribution >= 4 is 34.9 Å². The number of nitrogens with one attached hydrogen (secondary N) is 2. The fourth-order valence-corrected chi connectivity index (χ4v) is 5.25. The highest BCUT2D eigenvalue weighted by molar-refractivity contribution is 7.80. The summed E-state index contributed by atoms with van der Waals surface area (Å²) in [5.41, 5.74) is 0. The summed E-state index contributed by atoms with van der Waals surface area (Å²) in [5, 5.41) is 7.40. The van der Waals surface area contributed by atoms with Crippen molar-refractivity contribution in [2.75, 3.05) is 41.3 Å². The molecule has 2 N–H and O–H groups in total. The van der Waals surface area contributed by atoms with Gasteiger partial charge in [-0.25, -0.2) is 0 Å². The molecule has 2 atom stereocenters. The molecule has 29 heavy (non-hydrogen) atoms. The van der Waals surface area contributed by atoms with Crippen LogP contribution in [0.1, 0.15) is 65.2 Å². The second kappa shape index (κ2) is 9.45. The molecule has 0 amide bonds. The highest BCUT2D eigenvalue weighted by Crippen LogP contribution is 2.28. The van der Waals surface area contributed by atoms with Gasteiger partial charge in [-0.3, -0.25) is 0 Å². The van der Waals surface area contributed by atoms with Gasteiger partial charge in [-0.15, -0.1) is 0 Å². The van der Waals surface area contributed by atoms with Gasteiger partial charge in [0.2, 0.25) is 5.95 Å². The third-order valence-electron chi connectivity index (χ3n) is 6.58. The summed E-state index contributed by atoms with van der Waals surface area (Å²) in [5.74, 6) is 4.11. The van der Waals surface area contributed by atoms with Gasteiger partial charge < -0.3 is 20.4 Å². The molecule has 1 aliphatic carbocycles. The van der Waals surface area contributed by atoms with E-state index in [1.165, 1.54) is 51.4 Å². The van der Waals surface area contributed by atoms with Crippen LogP contribution in [0.5, 0.6) is 0 Å². The third-order valence-corrected chi connectivity index (χ3v) is 6.80. The Bertz CT molecular complexity index is 664. The van der Waals surface area contributed by atoms with Crippen molar-refractivity contribution in [2.24, 2.45) is 11.8 Å². The molecule has 0 unspecified atom stereocenters. The molecular formula is C22H36N6S. The fourth-order valence-electron chi connectivity index (χ4n) is 4.99. The first-order valence-corrected chi connectivity index (χ1v) is 11.9. The number of nitrogens with zero attached hydrogens (tertiary/aromatic N) is 4. The maximum atomic E-state index is 5.58.